The standard InChI is InChI=1S/C9H15NO3/c1-5(10-13)6-4-7(8(11)12)9(6,2)3/h6-7,13H,4H2,1-3H3,(H,11,12)/t6-,7-/m0/s1. The number of nitrogens with zero attached hydrogens (tertiary/aromatic N) is 1. The minimum absolute atomic E-state index is 0.0959. The third-order valence-electron chi connectivity index (χ3n) is 3.23. The molecule has 0 aromatic heterocycles. The summed E-state index contributed by atoms with van der Waals surface area (Å²) in [5, 5.41) is 20.5. The normalized spacial score (nSPS) is 32.4. The van der Waals surface area contributed by atoms with Gasteiger partial charge in [-0.25, -0.2) is 0 Å². The zero-order chi connectivity index (χ0) is 10.2. The lowest BCUT2D eigenvalue weighted by atomic mass is 9.53. The molecule has 1 saturated carbocycles. The van der Waals surface area contributed by atoms with E-state index in [0.717, 1.165) is 0 Å². The Morgan fingerprint density at radius 1 is 1.46 bits per heavy atom. The van der Waals surface area contributed by atoms with Gasteiger partial charge in [0.05, 0.1) is 11.6 Å². The van der Waals surface area contributed by atoms with E-state index in [9.17, 15) is 4.79 Å². The van der Waals surface area contributed by atoms with Crippen LogP contribution in [-0.4, -0.2) is 22.0 Å². The summed E-state index contributed by atoms with van der Waals surface area (Å²) in [5.74, 6) is -0.972. The quantitative estimate of drug-likeness (QED) is 0.390. The van der Waals surface area contributed by atoms with E-state index >= 15 is 0 Å². The van der Waals surface area contributed by atoms with Crippen molar-refractivity contribution in [3.05, 3.63) is 0 Å². The Balaban J connectivity index is 2.75. The lowest BCUT2D eigenvalue weighted by molar-refractivity contribution is -0.155. The summed E-state index contributed by atoms with van der Waals surface area (Å²) in [6.45, 7) is 5.52. The van der Waals surface area contributed by atoms with Crippen molar-refractivity contribution in [2.24, 2.45) is 22.4 Å². The second-order valence-corrected chi connectivity index (χ2v) is 4.24. The Bertz CT molecular complexity index is 258. The van der Waals surface area contributed by atoms with E-state index in [1.54, 1.807) is 6.92 Å². The zero-order valence-corrected chi connectivity index (χ0v) is 8.11. The topological polar surface area (TPSA) is 69.9 Å². The van der Waals surface area contributed by atoms with Crippen LogP contribution in [0.15, 0.2) is 5.16 Å². The number of carboxylic acids is 1. The lowest BCUT2D eigenvalue weighted by Gasteiger charge is -2.49. The van der Waals surface area contributed by atoms with Crippen molar-refractivity contribution < 1.29 is 15.1 Å². The van der Waals surface area contributed by atoms with Crippen LogP contribution in [0.2, 0.25) is 0 Å². The molecule has 0 spiro atoms. The Hall–Kier alpha value is -1.06. The first-order chi connectivity index (χ1) is 5.91. The molecule has 0 heterocycles. The highest BCUT2D eigenvalue weighted by molar-refractivity contribution is 5.88. The van der Waals surface area contributed by atoms with Crippen LogP contribution in [-0.2, 0) is 4.79 Å². The van der Waals surface area contributed by atoms with E-state index < -0.39 is 5.97 Å². The second-order valence-electron chi connectivity index (χ2n) is 4.24. The molecule has 0 saturated heterocycles. The van der Waals surface area contributed by atoms with E-state index in [-0.39, 0.29) is 17.3 Å². The molecule has 0 amide bonds. The summed E-state index contributed by atoms with van der Waals surface area (Å²) < 4.78 is 0. The molecule has 4 nitrogen and oxygen atoms in total. The Morgan fingerprint density at radius 2 is 2.00 bits per heavy atom. The molecule has 0 unspecified atom stereocenters. The van der Waals surface area contributed by atoms with Crippen LogP contribution < -0.4 is 0 Å². The maximum Gasteiger partial charge on any atom is 0.307 e. The summed E-state index contributed by atoms with van der Waals surface area (Å²) in [6, 6.07) is 0. The fraction of sp³-hybridized carbons (Fsp3) is 0.778. The molecule has 13 heavy (non-hydrogen) atoms. The number of aliphatic carboxylic acids is 1. The first-order valence-corrected chi connectivity index (χ1v) is 4.32. The summed E-state index contributed by atoms with van der Waals surface area (Å²) in [5.41, 5.74) is 0.338. The minimum Gasteiger partial charge on any atom is -0.481 e. The van der Waals surface area contributed by atoms with Crippen LogP contribution in [0.25, 0.3) is 0 Å². The first kappa shape index (κ1) is 10.0. The summed E-state index contributed by atoms with van der Waals surface area (Å²) >= 11 is 0. The highest BCUT2D eigenvalue weighted by Gasteiger charge is 2.53. The van der Waals surface area contributed by atoms with Gasteiger partial charge in [-0.15, -0.1) is 0 Å². The van der Waals surface area contributed by atoms with Gasteiger partial charge >= 0.3 is 5.97 Å². The first-order valence-electron chi connectivity index (χ1n) is 4.32. The highest BCUT2D eigenvalue weighted by Crippen LogP contribution is 2.51. The lowest BCUT2D eigenvalue weighted by Crippen LogP contribution is -2.51. The second kappa shape index (κ2) is 3.01. The molecule has 1 fully saturated rings. The number of rotatable bonds is 2. The van der Waals surface area contributed by atoms with Crippen LogP contribution in [0.3, 0.4) is 0 Å². The van der Waals surface area contributed by atoms with Crippen LogP contribution in [0.1, 0.15) is 27.2 Å². The van der Waals surface area contributed by atoms with Crippen molar-refractivity contribution in [3.63, 3.8) is 0 Å². The molecule has 0 aromatic carbocycles. The SMILES string of the molecule is CC(=NO)[C@@H]1C[C@@H](C(=O)O)C1(C)C. The van der Waals surface area contributed by atoms with Crippen LogP contribution in [0.5, 0.6) is 0 Å². The van der Waals surface area contributed by atoms with E-state index in [1.165, 1.54) is 0 Å². The van der Waals surface area contributed by atoms with E-state index in [2.05, 4.69) is 5.16 Å². The maximum atomic E-state index is 10.8. The fourth-order valence-electron chi connectivity index (χ4n) is 2.12. The Kier molecular flexibility index (Phi) is 2.32. The molecule has 0 bridgehead atoms. The Morgan fingerprint density at radius 3 is 2.31 bits per heavy atom. The van der Waals surface area contributed by atoms with Crippen molar-refractivity contribution in [1.82, 2.24) is 0 Å². The average molecular weight is 185 g/mol. The number of hydrogen-bond donors (Lipinski definition) is 2. The van der Waals surface area contributed by atoms with E-state index in [1.807, 2.05) is 13.8 Å². The van der Waals surface area contributed by atoms with Gasteiger partial charge in [-0.1, -0.05) is 19.0 Å². The zero-order valence-electron chi connectivity index (χ0n) is 8.11. The average Bonchev–Trinajstić information content (AvgIpc) is 2.01. The van der Waals surface area contributed by atoms with Crippen LogP contribution in [0.4, 0.5) is 0 Å². The van der Waals surface area contributed by atoms with E-state index in [0.29, 0.717) is 12.1 Å². The summed E-state index contributed by atoms with van der Waals surface area (Å²) in [7, 11) is 0. The summed E-state index contributed by atoms with van der Waals surface area (Å²) in [6.07, 6.45) is 0.582. The molecule has 0 aliphatic heterocycles. The van der Waals surface area contributed by atoms with Crippen LogP contribution in [0, 0.1) is 17.3 Å². The van der Waals surface area contributed by atoms with Crippen molar-refractivity contribution >= 4 is 11.7 Å². The molecule has 1 aliphatic carbocycles. The predicted molar refractivity (Wildman–Crippen MR) is 47.9 cm³/mol. The molecule has 0 radical (unpaired) electrons. The maximum absolute atomic E-state index is 10.8. The van der Waals surface area contributed by atoms with Crippen molar-refractivity contribution in [2.75, 3.05) is 0 Å². The van der Waals surface area contributed by atoms with Gasteiger partial charge in [-0.05, 0) is 18.8 Å². The van der Waals surface area contributed by atoms with Gasteiger partial charge < -0.3 is 10.3 Å². The predicted octanol–water partition coefficient (Wildman–Crippen LogP) is 1.58. The van der Waals surface area contributed by atoms with Gasteiger partial charge in [-0.2, -0.15) is 0 Å². The monoisotopic (exact) mass is 185 g/mol. The van der Waals surface area contributed by atoms with Gasteiger partial charge in [0.25, 0.3) is 0 Å². The number of carbonyl (C=O) groups is 1. The molecule has 1 aliphatic rings. The van der Waals surface area contributed by atoms with Crippen LogP contribution >= 0.6 is 0 Å². The molecule has 2 N–H and O–H groups in total. The van der Waals surface area contributed by atoms with Gasteiger partial charge in [0.1, 0.15) is 0 Å². The molecular formula is C9H15NO3. The van der Waals surface area contributed by atoms with Gasteiger partial charge in [-0.3, -0.25) is 4.79 Å². The van der Waals surface area contributed by atoms with Gasteiger partial charge in [0, 0.05) is 5.92 Å². The molecule has 1 rings (SSSR count). The highest BCUT2D eigenvalue weighted by atomic mass is 16.4. The fourth-order valence-corrected chi connectivity index (χ4v) is 2.12. The smallest absolute Gasteiger partial charge is 0.307 e. The van der Waals surface area contributed by atoms with Gasteiger partial charge in [0.15, 0.2) is 0 Å². The van der Waals surface area contributed by atoms with Gasteiger partial charge in [0.2, 0.25) is 0 Å². The molecular weight excluding hydrogens is 170 g/mol. The van der Waals surface area contributed by atoms with Crippen molar-refractivity contribution in [1.29, 1.82) is 0 Å². The largest absolute Gasteiger partial charge is 0.481 e. The molecule has 0 aromatic rings. The molecule has 74 valence electrons. The molecule has 2 atom stereocenters. The third kappa shape index (κ3) is 1.41. The molecule has 4 heteroatoms. The number of hydrogen-bond acceptors (Lipinski definition) is 3. The summed E-state index contributed by atoms with van der Waals surface area (Å²) in [4.78, 5) is 10.8. The minimum atomic E-state index is -0.757. The number of oxime groups is 1. The van der Waals surface area contributed by atoms with Crippen molar-refractivity contribution in [3.8, 4) is 0 Å². The third-order valence-corrected chi connectivity index (χ3v) is 3.23. The van der Waals surface area contributed by atoms with E-state index in [4.69, 9.17) is 10.3 Å². The van der Waals surface area contributed by atoms with Crippen molar-refractivity contribution in [2.45, 2.75) is 27.2 Å². The Labute approximate surface area is 77.3 Å². The number of carboxylic acid groups (broad SMARTS) is 1.